The molecule has 0 amide bonds. The van der Waals surface area contributed by atoms with Crippen LogP contribution in [0.25, 0.3) is 0 Å². The lowest BCUT2D eigenvalue weighted by Crippen LogP contribution is -2.49. The Kier molecular flexibility index (Phi) is 8.09. The van der Waals surface area contributed by atoms with Gasteiger partial charge >= 0.3 is 0 Å². The summed E-state index contributed by atoms with van der Waals surface area (Å²) in [5.74, 6) is 2.67. The Balaban J connectivity index is 1.77. The van der Waals surface area contributed by atoms with Crippen LogP contribution in [0.4, 0.5) is 0 Å². The first-order valence-electron chi connectivity index (χ1n) is 14.9. The molecule has 4 rings (SSSR count). The highest BCUT2D eigenvalue weighted by atomic mass is 16.3. The Morgan fingerprint density at radius 2 is 1.68 bits per heavy atom. The van der Waals surface area contributed by atoms with Crippen molar-refractivity contribution in [3.8, 4) is 11.5 Å². The van der Waals surface area contributed by atoms with Crippen LogP contribution in [-0.4, -0.2) is 16.0 Å². The predicted octanol–water partition coefficient (Wildman–Crippen LogP) is 9.14. The van der Waals surface area contributed by atoms with E-state index in [4.69, 9.17) is 0 Å². The molecule has 1 saturated carbocycles. The van der Waals surface area contributed by atoms with E-state index in [1.807, 2.05) is 6.07 Å². The van der Waals surface area contributed by atoms with Crippen molar-refractivity contribution in [3.05, 3.63) is 58.1 Å². The zero-order chi connectivity index (χ0) is 28.0. The molecule has 0 spiro atoms. The molecule has 0 bridgehead atoms. The molecular formula is C35H50O3. The molecule has 38 heavy (non-hydrogen) atoms. The topological polar surface area (TPSA) is 57.5 Å². The van der Waals surface area contributed by atoms with Crippen molar-refractivity contribution < 1.29 is 15.0 Å². The molecule has 0 saturated heterocycles. The van der Waals surface area contributed by atoms with Gasteiger partial charge in [0.15, 0.2) is 0 Å². The molecule has 0 radical (unpaired) electrons. The van der Waals surface area contributed by atoms with Gasteiger partial charge in [0.1, 0.15) is 17.3 Å². The van der Waals surface area contributed by atoms with E-state index < -0.39 is 0 Å². The molecular weight excluding hydrogens is 468 g/mol. The number of fused-ring (bicyclic) bond motifs is 3. The lowest BCUT2D eigenvalue weighted by atomic mass is 9.48. The van der Waals surface area contributed by atoms with E-state index in [1.165, 1.54) is 36.0 Å². The molecule has 2 aromatic rings. The molecule has 2 aliphatic carbocycles. The highest BCUT2D eigenvalue weighted by Crippen LogP contribution is 2.60. The SMILES string of the molecule is CC(=O)CCC(c1cc(CC2CC3C(C)(C)CCCC3(C)c3cc(O)c(C(C)C)cc32)ccc1O)C(C)C. The second kappa shape index (κ2) is 10.7. The van der Waals surface area contributed by atoms with Crippen LogP contribution in [0.1, 0.15) is 139 Å². The third kappa shape index (κ3) is 5.40. The smallest absolute Gasteiger partial charge is 0.129 e. The standard InChI is InChI=1S/C35H50O3/c1-21(2)26(12-10-23(5)36)29-17-24(11-13-31(29)37)16-25-18-33-34(6,7)14-9-15-35(33,8)30-20-32(38)27(22(3)4)19-28(25)30/h11,13,17,19-22,25-26,33,37-38H,9-10,12,14-16,18H2,1-8H3. The minimum absolute atomic E-state index is 0.0795. The zero-order valence-corrected chi connectivity index (χ0v) is 25.0. The molecule has 208 valence electrons. The molecule has 4 atom stereocenters. The molecule has 3 nitrogen and oxygen atoms in total. The van der Waals surface area contributed by atoms with Gasteiger partial charge in [0.05, 0.1) is 0 Å². The fourth-order valence-corrected chi connectivity index (χ4v) is 8.06. The van der Waals surface area contributed by atoms with Crippen LogP contribution in [0.3, 0.4) is 0 Å². The normalized spacial score (nSPS) is 25.2. The van der Waals surface area contributed by atoms with Gasteiger partial charge in [-0.05, 0) is 119 Å². The van der Waals surface area contributed by atoms with Gasteiger partial charge in [-0.25, -0.2) is 0 Å². The Labute approximate surface area is 231 Å². The Morgan fingerprint density at radius 1 is 0.974 bits per heavy atom. The molecule has 0 aromatic heterocycles. The zero-order valence-electron chi connectivity index (χ0n) is 25.0. The van der Waals surface area contributed by atoms with Crippen molar-refractivity contribution in [1.29, 1.82) is 0 Å². The van der Waals surface area contributed by atoms with Crippen molar-refractivity contribution in [1.82, 2.24) is 0 Å². The molecule has 0 heterocycles. The van der Waals surface area contributed by atoms with Gasteiger partial charge in [0.2, 0.25) is 0 Å². The number of carbonyl (C=O) groups is 1. The van der Waals surface area contributed by atoms with Crippen molar-refractivity contribution in [3.63, 3.8) is 0 Å². The third-order valence-corrected chi connectivity index (χ3v) is 10.2. The maximum atomic E-state index is 11.7. The molecule has 0 aliphatic heterocycles. The summed E-state index contributed by atoms with van der Waals surface area (Å²) in [5, 5.41) is 21.9. The summed E-state index contributed by atoms with van der Waals surface area (Å²) < 4.78 is 0. The minimum Gasteiger partial charge on any atom is -0.508 e. The minimum atomic E-state index is 0.0795. The van der Waals surface area contributed by atoms with Gasteiger partial charge in [0.25, 0.3) is 0 Å². The number of Topliss-reactive ketones (excluding diaryl/α,β-unsaturated/α-hetero) is 1. The van der Waals surface area contributed by atoms with Gasteiger partial charge in [-0.1, -0.05) is 73.1 Å². The van der Waals surface area contributed by atoms with Crippen molar-refractivity contribution >= 4 is 5.78 Å². The first kappa shape index (κ1) is 28.7. The van der Waals surface area contributed by atoms with E-state index in [-0.39, 0.29) is 28.4 Å². The average molecular weight is 519 g/mol. The average Bonchev–Trinajstić information content (AvgIpc) is 2.81. The molecule has 1 fully saturated rings. The van der Waals surface area contributed by atoms with Crippen LogP contribution in [0.5, 0.6) is 11.5 Å². The second-order valence-corrected chi connectivity index (χ2v) is 14.1. The summed E-state index contributed by atoms with van der Waals surface area (Å²) in [4.78, 5) is 11.7. The predicted molar refractivity (Wildman–Crippen MR) is 157 cm³/mol. The van der Waals surface area contributed by atoms with Gasteiger partial charge in [0, 0.05) is 6.42 Å². The van der Waals surface area contributed by atoms with Crippen LogP contribution >= 0.6 is 0 Å². The third-order valence-electron chi connectivity index (χ3n) is 10.2. The number of aromatic hydroxyl groups is 2. The number of hydrogen-bond acceptors (Lipinski definition) is 3. The van der Waals surface area contributed by atoms with Crippen LogP contribution in [0.15, 0.2) is 30.3 Å². The van der Waals surface area contributed by atoms with Gasteiger partial charge in [-0.2, -0.15) is 0 Å². The van der Waals surface area contributed by atoms with Crippen LogP contribution in [-0.2, 0) is 16.6 Å². The number of hydrogen-bond donors (Lipinski definition) is 2. The highest BCUT2D eigenvalue weighted by Gasteiger charge is 2.52. The van der Waals surface area contributed by atoms with E-state index in [2.05, 4.69) is 72.7 Å². The van der Waals surface area contributed by atoms with Crippen LogP contribution in [0.2, 0.25) is 0 Å². The number of ketones is 1. The quantitative estimate of drug-likeness (QED) is 0.366. The monoisotopic (exact) mass is 518 g/mol. The Bertz CT molecular complexity index is 1170. The lowest BCUT2D eigenvalue weighted by molar-refractivity contribution is -0.117. The van der Waals surface area contributed by atoms with E-state index in [9.17, 15) is 15.0 Å². The van der Waals surface area contributed by atoms with Crippen LogP contribution in [0, 0.1) is 17.3 Å². The Morgan fingerprint density at radius 3 is 2.32 bits per heavy atom. The summed E-state index contributed by atoms with van der Waals surface area (Å²) in [5.41, 5.74) is 6.37. The van der Waals surface area contributed by atoms with Crippen molar-refractivity contribution in [2.24, 2.45) is 17.3 Å². The highest BCUT2D eigenvalue weighted by molar-refractivity contribution is 5.75. The fraction of sp³-hybridized carbons (Fsp3) is 0.629. The maximum Gasteiger partial charge on any atom is 0.129 e. The number of phenolic OH excluding ortho intramolecular Hbond substituents is 2. The Hall–Kier alpha value is -2.29. The fourth-order valence-electron chi connectivity index (χ4n) is 8.06. The first-order valence-corrected chi connectivity index (χ1v) is 14.9. The van der Waals surface area contributed by atoms with Crippen molar-refractivity contribution in [2.75, 3.05) is 0 Å². The molecule has 2 aliphatic rings. The summed E-state index contributed by atoms with van der Waals surface area (Å²) in [6, 6.07) is 10.6. The summed E-state index contributed by atoms with van der Waals surface area (Å²) in [6.07, 6.45) is 7.03. The number of phenols is 2. The largest absolute Gasteiger partial charge is 0.508 e. The number of benzene rings is 2. The number of rotatable bonds is 8. The second-order valence-electron chi connectivity index (χ2n) is 14.1. The van der Waals surface area contributed by atoms with Gasteiger partial charge < -0.3 is 15.0 Å². The van der Waals surface area contributed by atoms with E-state index in [0.717, 1.165) is 30.4 Å². The van der Waals surface area contributed by atoms with E-state index >= 15 is 0 Å². The summed E-state index contributed by atoms with van der Waals surface area (Å²) >= 11 is 0. The summed E-state index contributed by atoms with van der Waals surface area (Å²) in [6.45, 7) is 17.7. The molecule has 4 unspecified atom stereocenters. The molecule has 2 aromatic carbocycles. The van der Waals surface area contributed by atoms with E-state index in [0.29, 0.717) is 35.7 Å². The molecule has 2 N–H and O–H groups in total. The van der Waals surface area contributed by atoms with E-state index in [1.54, 1.807) is 6.92 Å². The molecule has 3 heteroatoms. The summed E-state index contributed by atoms with van der Waals surface area (Å²) in [7, 11) is 0. The van der Waals surface area contributed by atoms with Crippen LogP contribution < -0.4 is 0 Å². The first-order chi connectivity index (χ1) is 17.7. The number of carbonyl (C=O) groups excluding carboxylic acids is 1. The van der Waals surface area contributed by atoms with Crippen molar-refractivity contribution in [2.45, 2.75) is 124 Å². The maximum absolute atomic E-state index is 11.7. The van der Waals surface area contributed by atoms with Gasteiger partial charge in [-0.3, -0.25) is 0 Å². The van der Waals surface area contributed by atoms with Gasteiger partial charge in [-0.15, -0.1) is 0 Å². The lowest BCUT2D eigenvalue weighted by Gasteiger charge is -2.56.